The predicted molar refractivity (Wildman–Crippen MR) is 124 cm³/mol. The van der Waals surface area contributed by atoms with Crippen molar-refractivity contribution in [3.05, 3.63) is 101 Å². The summed E-state index contributed by atoms with van der Waals surface area (Å²) in [5.41, 5.74) is 3.61. The molecule has 0 aliphatic carbocycles. The van der Waals surface area contributed by atoms with Gasteiger partial charge in [-0.05, 0) is 36.8 Å². The van der Waals surface area contributed by atoms with Crippen molar-refractivity contribution in [2.24, 2.45) is 0 Å². The number of allylic oxidation sites excluding steroid dienone is 1. The molecule has 0 radical (unpaired) electrons. The molecular formula is C24H19ClN6O. The first kappa shape index (κ1) is 20.0. The Morgan fingerprint density at radius 1 is 1.06 bits per heavy atom. The van der Waals surface area contributed by atoms with Crippen molar-refractivity contribution in [3.63, 3.8) is 0 Å². The van der Waals surface area contributed by atoms with Crippen LogP contribution < -0.4 is 10.6 Å². The van der Waals surface area contributed by atoms with Crippen LogP contribution in [-0.4, -0.2) is 25.7 Å². The molecule has 7 nitrogen and oxygen atoms in total. The monoisotopic (exact) mass is 442 g/mol. The van der Waals surface area contributed by atoms with Crippen molar-refractivity contribution in [2.75, 3.05) is 10.6 Å². The number of pyridine rings is 1. The second-order valence-electron chi connectivity index (χ2n) is 7.38. The maximum atomic E-state index is 13.4. The Kier molecular flexibility index (Phi) is 5.17. The Balaban J connectivity index is 1.60. The van der Waals surface area contributed by atoms with Crippen molar-refractivity contribution >= 4 is 29.1 Å². The van der Waals surface area contributed by atoms with Crippen LogP contribution in [0.15, 0.2) is 90.4 Å². The number of nitrogens with zero attached hydrogens (tertiary/aromatic N) is 4. The van der Waals surface area contributed by atoms with Crippen molar-refractivity contribution in [3.8, 4) is 11.4 Å². The summed E-state index contributed by atoms with van der Waals surface area (Å²) in [5, 5.41) is 11.6. The second-order valence-corrected chi connectivity index (χ2v) is 7.82. The summed E-state index contributed by atoms with van der Waals surface area (Å²) in [4.78, 5) is 22.1. The van der Waals surface area contributed by atoms with E-state index in [1.807, 2.05) is 49.4 Å². The third-order valence-electron chi connectivity index (χ3n) is 5.23. The van der Waals surface area contributed by atoms with E-state index in [2.05, 4.69) is 20.6 Å². The molecule has 1 aliphatic rings. The Bertz CT molecular complexity index is 1300. The number of aromatic nitrogens is 4. The van der Waals surface area contributed by atoms with E-state index in [-0.39, 0.29) is 5.91 Å². The molecule has 0 spiro atoms. The highest BCUT2D eigenvalue weighted by Gasteiger charge is 2.34. The molecule has 0 saturated heterocycles. The van der Waals surface area contributed by atoms with E-state index in [4.69, 9.17) is 16.7 Å². The summed E-state index contributed by atoms with van der Waals surface area (Å²) >= 11 is 6.12. The molecule has 2 aromatic carbocycles. The topological polar surface area (TPSA) is 84.7 Å². The van der Waals surface area contributed by atoms with Crippen LogP contribution in [0, 0.1) is 0 Å². The van der Waals surface area contributed by atoms with Gasteiger partial charge >= 0.3 is 0 Å². The van der Waals surface area contributed by atoms with Crippen LogP contribution in [0.4, 0.5) is 11.6 Å². The number of fused-ring (bicyclic) bond motifs is 1. The third kappa shape index (κ3) is 3.74. The van der Waals surface area contributed by atoms with Crippen molar-refractivity contribution in [2.45, 2.75) is 13.0 Å². The smallest absolute Gasteiger partial charge is 0.255 e. The number of hydrogen-bond donors (Lipinski definition) is 2. The van der Waals surface area contributed by atoms with Crippen LogP contribution in [0.5, 0.6) is 0 Å². The normalized spacial score (nSPS) is 15.1. The first-order valence-electron chi connectivity index (χ1n) is 10.1. The minimum atomic E-state index is -0.481. The zero-order valence-electron chi connectivity index (χ0n) is 17.2. The van der Waals surface area contributed by atoms with Gasteiger partial charge in [0.15, 0.2) is 5.82 Å². The van der Waals surface area contributed by atoms with Gasteiger partial charge in [0.25, 0.3) is 5.91 Å². The van der Waals surface area contributed by atoms with Crippen LogP contribution in [0.3, 0.4) is 0 Å². The SMILES string of the molecule is CC1=C(C(=O)Nc2cccnc2)[C@@H](c2ccc(Cl)cc2)n2nc(-c3ccccc3)nc2N1. The molecule has 1 aliphatic heterocycles. The molecule has 32 heavy (non-hydrogen) atoms. The molecule has 158 valence electrons. The van der Waals surface area contributed by atoms with Gasteiger partial charge in [0, 0.05) is 22.5 Å². The number of amides is 1. The summed E-state index contributed by atoms with van der Waals surface area (Å²) in [6.45, 7) is 1.86. The average Bonchev–Trinajstić information content (AvgIpc) is 3.23. The fourth-order valence-electron chi connectivity index (χ4n) is 3.74. The lowest BCUT2D eigenvalue weighted by Gasteiger charge is -2.28. The van der Waals surface area contributed by atoms with E-state index in [1.165, 1.54) is 0 Å². The van der Waals surface area contributed by atoms with Crippen LogP contribution in [0.1, 0.15) is 18.5 Å². The van der Waals surface area contributed by atoms with Crippen LogP contribution >= 0.6 is 11.6 Å². The molecule has 4 aromatic rings. The van der Waals surface area contributed by atoms with Crippen LogP contribution in [0.25, 0.3) is 11.4 Å². The largest absolute Gasteiger partial charge is 0.328 e. The first-order chi connectivity index (χ1) is 15.6. The second kappa shape index (κ2) is 8.28. The molecule has 0 fully saturated rings. The van der Waals surface area contributed by atoms with E-state index in [9.17, 15) is 4.79 Å². The summed E-state index contributed by atoms with van der Waals surface area (Å²) in [5.74, 6) is 0.901. The Hall–Kier alpha value is -3.97. The summed E-state index contributed by atoms with van der Waals surface area (Å²) in [6, 6.07) is 20.2. The Morgan fingerprint density at radius 2 is 1.84 bits per heavy atom. The third-order valence-corrected chi connectivity index (χ3v) is 5.49. The highest BCUT2D eigenvalue weighted by molar-refractivity contribution is 6.30. The maximum absolute atomic E-state index is 13.4. The van der Waals surface area contributed by atoms with Crippen molar-refractivity contribution in [1.29, 1.82) is 0 Å². The van der Waals surface area contributed by atoms with Gasteiger partial charge < -0.3 is 10.6 Å². The Labute approximate surface area is 189 Å². The number of hydrogen-bond acceptors (Lipinski definition) is 5. The van der Waals surface area contributed by atoms with Crippen molar-refractivity contribution in [1.82, 2.24) is 19.7 Å². The lowest BCUT2D eigenvalue weighted by atomic mass is 9.95. The molecule has 0 unspecified atom stereocenters. The predicted octanol–water partition coefficient (Wildman–Crippen LogP) is 4.92. The molecular weight excluding hydrogens is 424 g/mol. The number of nitrogens with one attached hydrogen (secondary N) is 2. The fourth-order valence-corrected chi connectivity index (χ4v) is 3.87. The zero-order valence-corrected chi connectivity index (χ0v) is 17.9. The molecule has 0 saturated carbocycles. The van der Waals surface area contributed by atoms with Gasteiger partial charge in [-0.25, -0.2) is 4.68 Å². The molecule has 2 aromatic heterocycles. The number of carbonyl (C=O) groups excluding carboxylic acids is 1. The number of carbonyl (C=O) groups is 1. The van der Waals surface area contributed by atoms with E-state index < -0.39 is 6.04 Å². The minimum absolute atomic E-state index is 0.245. The van der Waals surface area contributed by atoms with Crippen LogP contribution in [-0.2, 0) is 4.79 Å². The van der Waals surface area contributed by atoms with E-state index >= 15 is 0 Å². The highest BCUT2D eigenvalue weighted by atomic mass is 35.5. The maximum Gasteiger partial charge on any atom is 0.255 e. The minimum Gasteiger partial charge on any atom is -0.328 e. The highest BCUT2D eigenvalue weighted by Crippen LogP contribution is 2.37. The number of halogens is 1. The summed E-state index contributed by atoms with van der Waals surface area (Å²) in [7, 11) is 0. The lowest BCUT2D eigenvalue weighted by molar-refractivity contribution is -0.113. The number of anilines is 2. The molecule has 8 heteroatoms. The molecule has 3 heterocycles. The van der Waals surface area contributed by atoms with Gasteiger partial charge in [0.2, 0.25) is 5.95 Å². The van der Waals surface area contributed by atoms with Gasteiger partial charge in [-0.2, -0.15) is 4.98 Å². The average molecular weight is 443 g/mol. The lowest BCUT2D eigenvalue weighted by Crippen LogP contribution is -2.31. The summed E-state index contributed by atoms with van der Waals surface area (Å²) in [6.07, 6.45) is 3.27. The Morgan fingerprint density at radius 3 is 2.56 bits per heavy atom. The molecule has 2 N–H and O–H groups in total. The fraction of sp³-hybridized carbons (Fsp3) is 0.0833. The zero-order chi connectivity index (χ0) is 22.1. The van der Waals surface area contributed by atoms with Crippen LogP contribution in [0.2, 0.25) is 5.02 Å². The van der Waals surface area contributed by atoms with E-state index in [0.717, 1.165) is 11.1 Å². The van der Waals surface area contributed by atoms with Gasteiger partial charge in [0.05, 0.1) is 17.5 Å². The first-order valence-corrected chi connectivity index (χ1v) is 10.4. The quantitative estimate of drug-likeness (QED) is 0.468. The molecule has 1 amide bonds. The van der Waals surface area contributed by atoms with Gasteiger partial charge in [-0.15, -0.1) is 5.10 Å². The van der Waals surface area contributed by atoms with Gasteiger partial charge in [-0.1, -0.05) is 54.1 Å². The molecule has 0 bridgehead atoms. The van der Waals surface area contributed by atoms with Gasteiger partial charge in [0.1, 0.15) is 6.04 Å². The van der Waals surface area contributed by atoms with E-state index in [0.29, 0.717) is 33.8 Å². The number of rotatable bonds is 4. The number of benzene rings is 2. The molecule has 5 rings (SSSR count). The molecule has 1 atom stereocenters. The van der Waals surface area contributed by atoms with Gasteiger partial charge in [-0.3, -0.25) is 9.78 Å². The van der Waals surface area contributed by atoms with Crippen molar-refractivity contribution < 1.29 is 4.79 Å². The summed E-state index contributed by atoms with van der Waals surface area (Å²) < 4.78 is 1.75. The van der Waals surface area contributed by atoms with E-state index in [1.54, 1.807) is 41.3 Å². The standard InChI is InChI=1S/C24H19ClN6O/c1-15-20(23(32)28-19-8-5-13-26-14-19)21(16-9-11-18(25)12-10-16)31-24(27-15)29-22(30-31)17-6-3-2-4-7-17/h2-14,21H,1H3,(H,28,32)(H,27,29,30)/t21-/m1/s1.